The molecular weight excluding hydrogens is 373 g/mol. The number of nitrogens with one attached hydrogen (secondary N) is 1. The summed E-state index contributed by atoms with van der Waals surface area (Å²) in [7, 11) is -3.75. The van der Waals surface area contributed by atoms with Gasteiger partial charge in [0.05, 0.1) is 16.6 Å². The summed E-state index contributed by atoms with van der Waals surface area (Å²) < 4.78 is 46.5. The fraction of sp³-hybridized carbons (Fsp3) is 0.611. The normalized spacial score (nSPS) is 21.6. The van der Waals surface area contributed by atoms with Crippen LogP contribution in [0.1, 0.15) is 30.1 Å². The van der Waals surface area contributed by atoms with Gasteiger partial charge in [-0.1, -0.05) is 6.92 Å². The fourth-order valence-corrected chi connectivity index (χ4v) is 4.56. The van der Waals surface area contributed by atoms with E-state index in [1.165, 1.54) is 6.07 Å². The average Bonchev–Trinajstić information content (AvgIpc) is 3.15. The van der Waals surface area contributed by atoms with Gasteiger partial charge in [0.2, 0.25) is 10.0 Å². The van der Waals surface area contributed by atoms with Crippen molar-refractivity contribution in [1.29, 1.82) is 0 Å². The molecule has 2 fully saturated rings. The van der Waals surface area contributed by atoms with E-state index in [-0.39, 0.29) is 23.1 Å². The Morgan fingerprint density at radius 2 is 2.04 bits per heavy atom. The lowest BCUT2D eigenvalue weighted by atomic mass is 10.1. The lowest BCUT2D eigenvalue weighted by molar-refractivity contribution is 0.0430. The molecule has 9 heteroatoms. The summed E-state index contributed by atoms with van der Waals surface area (Å²) in [5.74, 6) is -1.19. The molecule has 2 saturated heterocycles. The van der Waals surface area contributed by atoms with Gasteiger partial charge in [0.25, 0.3) is 5.91 Å². The third-order valence-corrected chi connectivity index (χ3v) is 6.50. The highest BCUT2D eigenvalue weighted by atomic mass is 32.2. The maximum absolute atomic E-state index is 14.2. The number of piperazine rings is 1. The zero-order chi connectivity index (χ0) is 19.4. The smallest absolute Gasteiger partial charge is 0.256 e. The molecule has 1 unspecified atom stereocenters. The molecule has 1 atom stereocenters. The van der Waals surface area contributed by atoms with E-state index in [0.717, 1.165) is 38.1 Å². The number of rotatable bonds is 6. The molecule has 1 N–H and O–H groups in total. The van der Waals surface area contributed by atoms with Crippen LogP contribution in [-0.4, -0.2) is 76.1 Å². The Hall–Kier alpha value is -1.55. The number of sulfonamides is 1. The summed E-state index contributed by atoms with van der Waals surface area (Å²) in [4.78, 5) is 16.5. The molecule has 0 radical (unpaired) electrons. The molecule has 0 aromatic heterocycles. The first kappa shape index (κ1) is 20.2. The van der Waals surface area contributed by atoms with Gasteiger partial charge < -0.3 is 9.64 Å². The summed E-state index contributed by atoms with van der Waals surface area (Å²) in [5, 5.41) is 0. The van der Waals surface area contributed by atoms with Crippen molar-refractivity contribution >= 4 is 15.9 Å². The minimum atomic E-state index is -3.75. The monoisotopic (exact) mass is 399 g/mol. The number of carbonyl (C=O) groups is 1. The van der Waals surface area contributed by atoms with Gasteiger partial charge in [0.15, 0.2) is 0 Å². The molecule has 1 aromatic rings. The summed E-state index contributed by atoms with van der Waals surface area (Å²) >= 11 is 0. The lowest BCUT2D eigenvalue weighted by Crippen LogP contribution is -2.50. The van der Waals surface area contributed by atoms with Crippen LogP contribution in [0.15, 0.2) is 23.1 Å². The van der Waals surface area contributed by atoms with E-state index in [9.17, 15) is 17.6 Å². The van der Waals surface area contributed by atoms with E-state index < -0.39 is 21.7 Å². The van der Waals surface area contributed by atoms with Crippen molar-refractivity contribution in [3.8, 4) is 0 Å². The Bertz CT molecular complexity index is 773. The Morgan fingerprint density at radius 3 is 2.67 bits per heavy atom. The zero-order valence-corrected chi connectivity index (χ0v) is 16.3. The molecule has 1 aromatic carbocycles. The summed E-state index contributed by atoms with van der Waals surface area (Å²) in [6, 6.07) is 3.32. The molecule has 2 aliphatic rings. The molecule has 0 spiro atoms. The standard InChI is InChI=1S/C18H26FN3O4S/c1-2-20-27(24,25)15-5-6-17(19)16(12-15)18(23)22-9-7-21(8-10-22)13-14-4-3-11-26-14/h5-6,12,14,20H,2-4,7-11,13H2,1H3. The highest BCUT2D eigenvalue weighted by molar-refractivity contribution is 7.89. The topological polar surface area (TPSA) is 79.0 Å². The number of amides is 1. The number of halogens is 1. The fourth-order valence-electron chi connectivity index (χ4n) is 3.49. The van der Waals surface area contributed by atoms with Crippen molar-refractivity contribution in [3.63, 3.8) is 0 Å². The van der Waals surface area contributed by atoms with Crippen LogP contribution in [0.5, 0.6) is 0 Å². The third-order valence-electron chi connectivity index (χ3n) is 4.96. The van der Waals surface area contributed by atoms with Gasteiger partial charge >= 0.3 is 0 Å². The van der Waals surface area contributed by atoms with Crippen LogP contribution in [0, 0.1) is 5.82 Å². The quantitative estimate of drug-likeness (QED) is 0.774. The molecule has 2 aliphatic heterocycles. The molecule has 0 bridgehead atoms. The van der Waals surface area contributed by atoms with Gasteiger partial charge in [-0.3, -0.25) is 9.69 Å². The maximum atomic E-state index is 14.2. The molecular formula is C18H26FN3O4S. The van der Waals surface area contributed by atoms with Crippen molar-refractivity contribution in [3.05, 3.63) is 29.6 Å². The van der Waals surface area contributed by atoms with Gasteiger partial charge in [-0.05, 0) is 31.0 Å². The first-order chi connectivity index (χ1) is 12.9. The molecule has 7 nitrogen and oxygen atoms in total. The number of hydrogen-bond donors (Lipinski definition) is 1. The van der Waals surface area contributed by atoms with Crippen LogP contribution in [0.2, 0.25) is 0 Å². The number of benzene rings is 1. The molecule has 150 valence electrons. The maximum Gasteiger partial charge on any atom is 0.256 e. The van der Waals surface area contributed by atoms with E-state index in [1.807, 2.05) is 0 Å². The first-order valence-electron chi connectivity index (χ1n) is 9.33. The van der Waals surface area contributed by atoms with Crippen LogP contribution >= 0.6 is 0 Å². The van der Waals surface area contributed by atoms with Crippen molar-refractivity contribution in [2.75, 3.05) is 45.9 Å². The number of ether oxygens (including phenoxy) is 1. The molecule has 27 heavy (non-hydrogen) atoms. The Kier molecular flexibility index (Phi) is 6.46. The second kappa shape index (κ2) is 8.64. The van der Waals surface area contributed by atoms with Gasteiger partial charge in [-0.25, -0.2) is 17.5 Å². The second-order valence-corrected chi connectivity index (χ2v) is 8.64. The van der Waals surface area contributed by atoms with Crippen molar-refractivity contribution in [2.24, 2.45) is 0 Å². The van der Waals surface area contributed by atoms with Crippen molar-refractivity contribution in [2.45, 2.75) is 30.8 Å². The Morgan fingerprint density at radius 1 is 1.30 bits per heavy atom. The molecule has 1 amide bonds. The van der Waals surface area contributed by atoms with Crippen LogP contribution in [0.3, 0.4) is 0 Å². The number of hydrogen-bond acceptors (Lipinski definition) is 5. The number of carbonyl (C=O) groups excluding carboxylic acids is 1. The SMILES string of the molecule is CCNS(=O)(=O)c1ccc(F)c(C(=O)N2CCN(CC3CCCO3)CC2)c1. The molecule has 0 saturated carbocycles. The molecule has 0 aliphatic carbocycles. The van der Waals surface area contributed by atoms with Crippen LogP contribution in [-0.2, 0) is 14.8 Å². The van der Waals surface area contributed by atoms with Crippen LogP contribution < -0.4 is 4.72 Å². The van der Waals surface area contributed by atoms with Crippen molar-refractivity contribution < 1.29 is 22.3 Å². The Balaban J connectivity index is 1.65. The third kappa shape index (κ3) is 4.84. The van der Waals surface area contributed by atoms with Crippen LogP contribution in [0.25, 0.3) is 0 Å². The predicted molar refractivity (Wildman–Crippen MR) is 98.6 cm³/mol. The van der Waals surface area contributed by atoms with Crippen LogP contribution in [0.4, 0.5) is 4.39 Å². The van der Waals surface area contributed by atoms with Gasteiger partial charge in [-0.2, -0.15) is 0 Å². The highest BCUT2D eigenvalue weighted by Crippen LogP contribution is 2.19. The average molecular weight is 399 g/mol. The lowest BCUT2D eigenvalue weighted by Gasteiger charge is -2.35. The van der Waals surface area contributed by atoms with E-state index in [1.54, 1.807) is 11.8 Å². The van der Waals surface area contributed by atoms with E-state index in [4.69, 9.17) is 4.74 Å². The zero-order valence-electron chi connectivity index (χ0n) is 15.5. The summed E-state index contributed by atoms with van der Waals surface area (Å²) in [5.41, 5.74) is -0.207. The van der Waals surface area contributed by atoms with Gasteiger partial charge in [0, 0.05) is 45.9 Å². The molecule has 3 rings (SSSR count). The minimum absolute atomic E-state index is 0.105. The van der Waals surface area contributed by atoms with Crippen molar-refractivity contribution in [1.82, 2.24) is 14.5 Å². The predicted octanol–water partition coefficient (Wildman–Crippen LogP) is 1.06. The van der Waals surface area contributed by atoms with E-state index in [0.29, 0.717) is 26.2 Å². The highest BCUT2D eigenvalue weighted by Gasteiger charge is 2.27. The molecule has 2 heterocycles. The second-order valence-electron chi connectivity index (χ2n) is 6.87. The van der Waals surface area contributed by atoms with E-state index in [2.05, 4.69) is 9.62 Å². The van der Waals surface area contributed by atoms with Gasteiger partial charge in [-0.15, -0.1) is 0 Å². The van der Waals surface area contributed by atoms with E-state index >= 15 is 0 Å². The largest absolute Gasteiger partial charge is 0.377 e. The van der Waals surface area contributed by atoms with Gasteiger partial charge in [0.1, 0.15) is 5.82 Å². The Labute approximate surface area is 159 Å². The minimum Gasteiger partial charge on any atom is -0.377 e. The first-order valence-corrected chi connectivity index (χ1v) is 10.8. The summed E-state index contributed by atoms with van der Waals surface area (Å²) in [6.07, 6.45) is 2.42. The summed E-state index contributed by atoms with van der Waals surface area (Å²) in [6.45, 7) is 5.90. The number of nitrogens with zero attached hydrogens (tertiary/aromatic N) is 2.